The van der Waals surface area contributed by atoms with Gasteiger partial charge in [0, 0.05) is 6.54 Å². The molecule has 0 aliphatic heterocycles. The molecule has 1 atom stereocenters. The Labute approximate surface area is 157 Å². The van der Waals surface area contributed by atoms with E-state index >= 15 is 0 Å². The van der Waals surface area contributed by atoms with E-state index in [0.29, 0.717) is 6.54 Å². The fourth-order valence-corrected chi connectivity index (χ4v) is 2.05. The molecule has 0 aliphatic carbocycles. The minimum atomic E-state index is -0.723. The summed E-state index contributed by atoms with van der Waals surface area (Å²) in [7, 11) is 2.40. The molecule has 0 aliphatic rings. The minimum Gasteiger partial charge on any atom is -0.484 e. The van der Waals surface area contributed by atoms with Crippen LogP contribution in [0.2, 0.25) is 0 Å². The smallest absolute Gasteiger partial charge is 0.338 e. The zero-order chi connectivity index (χ0) is 20.4. The van der Waals surface area contributed by atoms with Gasteiger partial charge in [-0.15, -0.1) is 0 Å². The lowest BCUT2D eigenvalue weighted by Crippen LogP contribution is -2.46. The maximum Gasteiger partial charge on any atom is 0.338 e. The van der Waals surface area contributed by atoms with E-state index in [0.717, 1.165) is 6.42 Å². The van der Waals surface area contributed by atoms with Crippen molar-refractivity contribution in [3.63, 3.8) is 0 Å². The number of carbonyl (C=O) groups excluding carboxylic acids is 4. The molecular formula is C18H24N2O7. The molecule has 2 amide bonds. The molecule has 1 aromatic carbocycles. The number of rotatable bonds is 9. The summed E-state index contributed by atoms with van der Waals surface area (Å²) in [5, 5.41) is 5.16. The first-order chi connectivity index (χ1) is 12.8. The van der Waals surface area contributed by atoms with Crippen molar-refractivity contribution in [2.24, 2.45) is 0 Å². The van der Waals surface area contributed by atoms with Crippen LogP contribution in [0.25, 0.3) is 0 Å². The van der Waals surface area contributed by atoms with Crippen molar-refractivity contribution in [3.05, 3.63) is 29.3 Å². The first-order valence-corrected chi connectivity index (χ1v) is 8.34. The van der Waals surface area contributed by atoms with E-state index in [-0.39, 0.29) is 22.8 Å². The van der Waals surface area contributed by atoms with Gasteiger partial charge in [0.25, 0.3) is 5.91 Å². The van der Waals surface area contributed by atoms with Crippen LogP contribution in [0, 0.1) is 0 Å². The van der Waals surface area contributed by atoms with Gasteiger partial charge in [0.1, 0.15) is 11.8 Å². The predicted octanol–water partition coefficient (Wildman–Crippen LogP) is 0.669. The number of carbonyl (C=O) groups is 4. The molecule has 9 heteroatoms. The molecule has 2 N–H and O–H groups in total. The topological polar surface area (TPSA) is 120 Å². The summed E-state index contributed by atoms with van der Waals surface area (Å²) in [5.74, 6) is -2.06. The van der Waals surface area contributed by atoms with E-state index < -0.39 is 30.5 Å². The third-order valence-electron chi connectivity index (χ3n) is 3.44. The van der Waals surface area contributed by atoms with Crippen molar-refractivity contribution >= 4 is 23.8 Å². The van der Waals surface area contributed by atoms with E-state index in [1.54, 1.807) is 6.92 Å². The van der Waals surface area contributed by atoms with Crippen LogP contribution in [0.3, 0.4) is 0 Å². The standard InChI is InChI=1S/C18H24N2O7/c1-5-6-19-16(22)11(2)20-15(21)10-27-14-8-12(17(23)25-3)7-13(9-14)18(24)26-4/h7-9,11H,5-6,10H2,1-4H3,(H,19,22)(H,20,21)/t11-/m0/s1. The van der Waals surface area contributed by atoms with E-state index in [9.17, 15) is 19.2 Å². The lowest BCUT2D eigenvalue weighted by atomic mass is 10.1. The van der Waals surface area contributed by atoms with E-state index in [1.165, 1.54) is 32.4 Å². The monoisotopic (exact) mass is 380 g/mol. The lowest BCUT2D eigenvalue weighted by molar-refractivity contribution is -0.129. The van der Waals surface area contributed by atoms with Gasteiger partial charge in [0.2, 0.25) is 5.91 Å². The first kappa shape index (κ1) is 21.9. The Morgan fingerprint density at radius 3 is 2.04 bits per heavy atom. The molecule has 0 saturated carbocycles. The Balaban J connectivity index is 2.77. The fourth-order valence-electron chi connectivity index (χ4n) is 2.05. The van der Waals surface area contributed by atoms with Crippen molar-refractivity contribution < 1.29 is 33.4 Å². The van der Waals surface area contributed by atoms with Gasteiger partial charge >= 0.3 is 11.9 Å². The van der Waals surface area contributed by atoms with Gasteiger partial charge in [-0.3, -0.25) is 9.59 Å². The molecular weight excluding hydrogens is 356 g/mol. The maximum atomic E-state index is 12.0. The van der Waals surface area contributed by atoms with Crippen molar-refractivity contribution in [1.82, 2.24) is 10.6 Å². The van der Waals surface area contributed by atoms with Gasteiger partial charge in [-0.25, -0.2) is 9.59 Å². The van der Waals surface area contributed by atoms with E-state index in [2.05, 4.69) is 20.1 Å². The lowest BCUT2D eigenvalue weighted by Gasteiger charge is -2.14. The van der Waals surface area contributed by atoms with Gasteiger partial charge < -0.3 is 24.8 Å². The molecule has 0 aromatic heterocycles. The van der Waals surface area contributed by atoms with Crippen molar-refractivity contribution in [1.29, 1.82) is 0 Å². The molecule has 0 saturated heterocycles. The van der Waals surface area contributed by atoms with Gasteiger partial charge in [-0.2, -0.15) is 0 Å². The highest BCUT2D eigenvalue weighted by Crippen LogP contribution is 2.19. The average molecular weight is 380 g/mol. The Hall–Kier alpha value is -3.10. The SMILES string of the molecule is CCCNC(=O)[C@H](C)NC(=O)COc1cc(C(=O)OC)cc(C(=O)OC)c1. The second kappa shape index (κ2) is 10.8. The molecule has 1 aromatic rings. The Bertz CT molecular complexity index is 669. The van der Waals surface area contributed by atoms with Gasteiger partial charge in [-0.05, 0) is 31.5 Å². The Morgan fingerprint density at radius 2 is 1.56 bits per heavy atom. The van der Waals surface area contributed by atoms with Crippen LogP contribution >= 0.6 is 0 Å². The number of amides is 2. The van der Waals surface area contributed by atoms with Crippen LogP contribution in [-0.4, -0.2) is 57.2 Å². The molecule has 1 rings (SSSR count). The molecule has 0 bridgehead atoms. The summed E-state index contributed by atoms with van der Waals surface area (Å²) in [5.41, 5.74) is 0.145. The van der Waals surface area contributed by atoms with Crippen LogP contribution in [0.15, 0.2) is 18.2 Å². The predicted molar refractivity (Wildman–Crippen MR) is 95.5 cm³/mol. The number of hydrogen-bond acceptors (Lipinski definition) is 7. The molecule has 0 fully saturated rings. The highest BCUT2D eigenvalue weighted by atomic mass is 16.5. The van der Waals surface area contributed by atoms with Crippen molar-refractivity contribution in [2.75, 3.05) is 27.4 Å². The molecule has 9 nitrogen and oxygen atoms in total. The summed E-state index contributed by atoms with van der Waals surface area (Å²) in [4.78, 5) is 47.1. The molecule has 0 heterocycles. The minimum absolute atomic E-state index is 0.0723. The maximum absolute atomic E-state index is 12.0. The second-order valence-electron chi connectivity index (χ2n) is 5.60. The molecule has 0 unspecified atom stereocenters. The van der Waals surface area contributed by atoms with Crippen LogP contribution in [0.4, 0.5) is 0 Å². The fraction of sp³-hybridized carbons (Fsp3) is 0.444. The highest BCUT2D eigenvalue weighted by molar-refractivity contribution is 5.96. The zero-order valence-electron chi connectivity index (χ0n) is 15.8. The number of benzene rings is 1. The largest absolute Gasteiger partial charge is 0.484 e. The first-order valence-electron chi connectivity index (χ1n) is 8.34. The second-order valence-corrected chi connectivity index (χ2v) is 5.60. The average Bonchev–Trinajstić information content (AvgIpc) is 2.68. The van der Waals surface area contributed by atoms with E-state index in [4.69, 9.17) is 4.74 Å². The molecule has 148 valence electrons. The summed E-state index contributed by atoms with van der Waals surface area (Å²) in [6.45, 7) is 3.58. The highest BCUT2D eigenvalue weighted by Gasteiger charge is 2.17. The third-order valence-corrected chi connectivity index (χ3v) is 3.44. The van der Waals surface area contributed by atoms with Crippen LogP contribution in [0.5, 0.6) is 5.75 Å². The third kappa shape index (κ3) is 6.96. The number of hydrogen-bond donors (Lipinski definition) is 2. The summed E-state index contributed by atoms with van der Waals surface area (Å²) in [6, 6.07) is 3.25. The molecule has 0 spiro atoms. The number of methoxy groups -OCH3 is 2. The van der Waals surface area contributed by atoms with E-state index in [1.807, 2.05) is 6.92 Å². The molecule has 27 heavy (non-hydrogen) atoms. The Morgan fingerprint density at radius 1 is 1.00 bits per heavy atom. The summed E-state index contributed by atoms with van der Waals surface area (Å²) < 4.78 is 14.6. The molecule has 0 radical (unpaired) electrons. The summed E-state index contributed by atoms with van der Waals surface area (Å²) in [6.07, 6.45) is 0.786. The van der Waals surface area contributed by atoms with Crippen LogP contribution in [0.1, 0.15) is 41.0 Å². The quantitative estimate of drug-likeness (QED) is 0.604. The number of nitrogens with one attached hydrogen (secondary N) is 2. The van der Waals surface area contributed by atoms with Gasteiger partial charge in [0.15, 0.2) is 6.61 Å². The van der Waals surface area contributed by atoms with Gasteiger partial charge in [-0.1, -0.05) is 6.92 Å². The van der Waals surface area contributed by atoms with Crippen molar-refractivity contribution in [2.45, 2.75) is 26.3 Å². The summed E-state index contributed by atoms with van der Waals surface area (Å²) >= 11 is 0. The van der Waals surface area contributed by atoms with Crippen LogP contribution < -0.4 is 15.4 Å². The zero-order valence-corrected chi connectivity index (χ0v) is 15.8. The van der Waals surface area contributed by atoms with Gasteiger partial charge in [0.05, 0.1) is 25.3 Å². The number of esters is 2. The Kier molecular flexibility index (Phi) is 8.77. The van der Waals surface area contributed by atoms with Crippen molar-refractivity contribution in [3.8, 4) is 5.75 Å². The number of ether oxygens (including phenoxy) is 3. The normalized spacial score (nSPS) is 11.1. The van der Waals surface area contributed by atoms with Crippen LogP contribution in [-0.2, 0) is 19.1 Å².